The van der Waals surface area contributed by atoms with Gasteiger partial charge in [-0.1, -0.05) is 119 Å². The van der Waals surface area contributed by atoms with E-state index >= 15 is 0 Å². The van der Waals surface area contributed by atoms with Gasteiger partial charge < -0.3 is 9.84 Å². The van der Waals surface area contributed by atoms with Crippen LogP contribution in [0.5, 0.6) is 5.75 Å². The first-order chi connectivity index (χ1) is 19.2. The average Bonchev–Trinajstić information content (AvgIpc) is 3.39. The number of phenols is 1. The molecule has 0 bridgehead atoms. The zero-order chi connectivity index (χ0) is 28.7. The predicted octanol–water partition coefficient (Wildman–Crippen LogP) is 8.51. The number of halogens is 1. The third kappa shape index (κ3) is 7.03. The molecular weight excluding hydrogens is 522 g/mol. The van der Waals surface area contributed by atoms with Crippen molar-refractivity contribution in [3.05, 3.63) is 76.3 Å². The standard InChI is InChI=1S/C33H40ClN3O3/c1-5-6-7-8-9-10-19-40-32(39)25(24-15-12-16-26(31(24)38)33(2,3)4)21-22-13-11-14-23(20-22)29-27(34)17-18-28-30(29)36-37-35-28/h11-18,20,25,38H,5-10,19,21H2,1-4H3,(H,35,36,37). The van der Waals surface area contributed by atoms with Gasteiger partial charge in [-0.15, -0.1) is 5.10 Å². The van der Waals surface area contributed by atoms with Gasteiger partial charge in [0.2, 0.25) is 0 Å². The van der Waals surface area contributed by atoms with Crippen LogP contribution >= 0.6 is 11.6 Å². The molecule has 3 aromatic carbocycles. The molecule has 0 amide bonds. The zero-order valence-corrected chi connectivity index (χ0v) is 24.7. The van der Waals surface area contributed by atoms with Crippen molar-refractivity contribution >= 4 is 28.6 Å². The molecule has 1 heterocycles. The van der Waals surface area contributed by atoms with E-state index in [1.807, 2.05) is 54.6 Å². The molecule has 1 unspecified atom stereocenters. The van der Waals surface area contributed by atoms with Crippen molar-refractivity contribution in [1.29, 1.82) is 0 Å². The molecule has 40 heavy (non-hydrogen) atoms. The van der Waals surface area contributed by atoms with Crippen LogP contribution in [0.1, 0.15) is 88.8 Å². The van der Waals surface area contributed by atoms with Gasteiger partial charge in [-0.3, -0.25) is 9.89 Å². The number of hydrogen-bond acceptors (Lipinski definition) is 5. The zero-order valence-electron chi connectivity index (χ0n) is 24.0. The van der Waals surface area contributed by atoms with Gasteiger partial charge in [0.05, 0.1) is 23.1 Å². The molecule has 0 aliphatic carbocycles. The number of aromatic nitrogens is 3. The first-order valence-corrected chi connectivity index (χ1v) is 14.7. The molecule has 1 aromatic heterocycles. The maximum atomic E-state index is 13.6. The Balaban J connectivity index is 1.62. The lowest BCUT2D eigenvalue weighted by atomic mass is 9.82. The number of carbonyl (C=O) groups excluding carboxylic acids is 1. The molecule has 4 aromatic rings. The maximum Gasteiger partial charge on any atom is 0.313 e. The van der Waals surface area contributed by atoms with Crippen LogP contribution in [-0.2, 0) is 21.4 Å². The number of fused-ring (bicyclic) bond motifs is 1. The first kappa shape index (κ1) is 29.6. The van der Waals surface area contributed by atoms with Gasteiger partial charge in [0, 0.05) is 11.1 Å². The Labute approximate surface area is 242 Å². The molecule has 0 fully saturated rings. The van der Waals surface area contributed by atoms with Crippen molar-refractivity contribution in [2.45, 2.75) is 84.0 Å². The van der Waals surface area contributed by atoms with Crippen LogP contribution < -0.4 is 0 Å². The number of carbonyl (C=O) groups is 1. The summed E-state index contributed by atoms with van der Waals surface area (Å²) in [6.45, 7) is 8.73. The van der Waals surface area contributed by atoms with E-state index in [0.29, 0.717) is 29.1 Å². The minimum Gasteiger partial charge on any atom is -0.507 e. The van der Waals surface area contributed by atoms with Crippen molar-refractivity contribution in [2.75, 3.05) is 6.61 Å². The highest BCUT2D eigenvalue weighted by Crippen LogP contribution is 2.39. The topological polar surface area (TPSA) is 88.1 Å². The first-order valence-electron chi connectivity index (χ1n) is 14.3. The number of ether oxygens (including phenoxy) is 1. The van der Waals surface area contributed by atoms with Gasteiger partial charge in [0.1, 0.15) is 11.3 Å². The largest absolute Gasteiger partial charge is 0.507 e. The Bertz CT molecular complexity index is 1440. The van der Waals surface area contributed by atoms with Crippen molar-refractivity contribution in [3.8, 4) is 16.9 Å². The lowest BCUT2D eigenvalue weighted by Crippen LogP contribution is -2.20. The molecule has 6 nitrogen and oxygen atoms in total. The number of benzene rings is 3. The number of esters is 1. The van der Waals surface area contributed by atoms with E-state index in [-0.39, 0.29) is 17.1 Å². The highest BCUT2D eigenvalue weighted by molar-refractivity contribution is 6.34. The Morgan fingerprint density at radius 3 is 2.55 bits per heavy atom. The summed E-state index contributed by atoms with van der Waals surface area (Å²) >= 11 is 6.60. The van der Waals surface area contributed by atoms with E-state index in [2.05, 4.69) is 43.1 Å². The van der Waals surface area contributed by atoms with Gasteiger partial charge in [0.25, 0.3) is 0 Å². The fourth-order valence-electron chi connectivity index (χ4n) is 5.18. The van der Waals surface area contributed by atoms with Gasteiger partial charge >= 0.3 is 5.97 Å². The number of hydrogen-bond donors (Lipinski definition) is 2. The lowest BCUT2D eigenvalue weighted by molar-refractivity contribution is -0.145. The molecule has 0 aliphatic heterocycles. The van der Waals surface area contributed by atoms with Crippen LogP contribution in [0.2, 0.25) is 5.02 Å². The number of phenolic OH excluding ortho intramolecular Hbond substituents is 1. The molecule has 4 rings (SSSR count). The Morgan fingerprint density at radius 1 is 1.02 bits per heavy atom. The second kappa shape index (κ2) is 13.3. The molecule has 212 valence electrons. The highest BCUT2D eigenvalue weighted by Gasteiger charge is 2.29. The molecule has 0 radical (unpaired) electrons. The van der Waals surface area contributed by atoms with Crippen molar-refractivity contribution < 1.29 is 14.6 Å². The number of aromatic hydroxyl groups is 1. The molecule has 2 N–H and O–H groups in total. The van der Waals surface area contributed by atoms with Crippen molar-refractivity contribution in [3.63, 3.8) is 0 Å². The third-order valence-corrected chi connectivity index (χ3v) is 7.70. The smallest absolute Gasteiger partial charge is 0.313 e. The summed E-state index contributed by atoms with van der Waals surface area (Å²) in [5.41, 5.74) is 5.19. The van der Waals surface area contributed by atoms with Gasteiger partial charge in [0.15, 0.2) is 0 Å². The monoisotopic (exact) mass is 561 g/mol. The second-order valence-corrected chi connectivity index (χ2v) is 11.9. The van der Waals surface area contributed by atoms with E-state index < -0.39 is 5.92 Å². The van der Waals surface area contributed by atoms with E-state index in [9.17, 15) is 9.90 Å². The molecule has 0 saturated carbocycles. The minimum absolute atomic E-state index is 0.156. The summed E-state index contributed by atoms with van der Waals surface area (Å²) in [5, 5.41) is 23.0. The quantitative estimate of drug-likeness (QED) is 0.134. The van der Waals surface area contributed by atoms with Gasteiger partial charge in [-0.2, -0.15) is 0 Å². The molecule has 0 spiro atoms. The molecule has 7 heteroatoms. The molecule has 0 aliphatic rings. The van der Waals surface area contributed by atoms with E-state index in [4.69, 9.17) is 16.3 Å². The summed E-state index contributed by atoms with van der Waals surface area (Å²) in [6, 6.07) is 17.3. The number of unbranched alkanes of at least 4 members (excludes halogenated alkanes) is 5. The van der Waals surface area contributed by atoms with Crippen LogP contribution in [-0.4, -0.2) is 33.1 Å². The molecule has 0 saturated heterocycles. The average molecular weight is 562 g/mol. The number of nitrogens with zero attached hydrogens (tertiary/aromatic N) is 2. The fraction of sp³-hybridized carbons (Fsp3) is 0.424. The lowest BCUT2D eigenvalue weighted by Gasteiger charge is -2.24. The van der Waals surface area contributed by atoms with E-state index in [1.165, 1.54) is 19.3 Å². The SMILES string of the molecule is CCCCCCCCOC(=O)C(Cc1cccc(-c2c(Cl)ccc3[nH]nnc23)c1)c1cccc(C(C)(C)C)c1O. The van der Waals surface area contributed by atoms with Crippen LogP contribution in [0, 0.1) is 0 Å². The number of H-pyrrole nitrogens is 1. The summed E-state index contributed by atoms with van der Waals surface area (Å²) < 4.78 is 5.81. The van der Waals surface area contributed by atoms with E-state index in [1.54, 1.807) is 0 Å². The van der Waals surface area contributed by atoms with Gasteiger partial charge in [-0.05, 0) is 47.1 Å². The Morgan fingerprint density at radius 2 is 1.77 bits per heavy atom. The van der Waals surface area contributed by atoms with Crippen molar-refractivity contribution in [2.24, 2.45) is 0 Å². The summed E-state index contributed by atoms with van der Waals surface area (Å²) in [5.74, 6) is -0.823. The van der Waals surface area contributed by atoms with Crippen LogP contribution in [0.25, 0.3) is 22.2 Å². The van der Waals surface area contributed by atoms with Crippen LogP contribution in [0.15, 0.2) is 54.6 Å². The Hall–Kier alpha value is -3.38. The fourth-order valence-corrected chi connectivity index (χ4v) is 5.44. The number of para-hydroxylation sites is 1. The maximum absolute atomic E-state index is 13.6. The van der Waals surface area contributed by atoms with Crippen molar-refractivity contribution in [1.82, 2.24) is 15.4 Å². The predicted molar refractivity (Wildman–Crippen MR) is 162 cm³/mol. The summed E-state index contributed by atoms with van der Waals surface area (Å²) in [6.07, 6.45) is 7.05. The number of rotatable bonds is 12. The summed E-state index contributed by atoms with van der Waals surface area (Å²) in [7, 11) is 0. The Kier molecular flexibility index (Phi) is 9.85. The molecule has 1 atom stereocenters. The number of nitrogens with one attached hydrogen (secondary N) is 1. The highest BCUT2D eigenvalue weighted by atomic mass is 35.5. The second-order valence-electron chi connectivity index (χ2n) is 11.5. The summed E-state index contributed by atoms with van der Waals surface area (Å²) in [4.78, 5) is 13.6. The minimum atomic E-state index is -0.657. The number of aromatic amines is 1. The third-order valence-electron chi connectivity index (χ3n) is 7.38. The molecular formula is C33H40ClN3O3. The van der Waals surface area contributed by atoms with Crippen LogP contribution in [0.4, 0.5) is 0 Å². The van der Waals surface area contributed by atoms with E-state index in [0.717, 1.165) is 47.0 Å². The normalized spacial score (nSPS) is 12.5. The van der Waals surface area contributed by atoms with Crippen LogP contribution in [0.3, 0.4) is 0 Å². The van der Waals surface area contributed by atoms with Gasteiger partial charge in [-0.25, -0.2) is 0 Å².